The highest BCUT2D eigenvalue weighted by Crippen LogP contribution is 2.30. The zero-order valence-corrected chi connectivity index (χ0v) is 15.4. The van der Waals surface area contributed by atoms with Crippen LogP contribution in [0.2, 0.25) is 0 Å². The molecule has 0 saturated carbocycles. The van der Waals surface area contributed by atoms with Gasteiger partial charge in [0.2, 0.25) is 16.9 Å². The topological polar surface area (TPSA) is 147 Å². The molecule has 4 amide bonds. The van der Waals surface area contributed by atoms with Crippen LogP contribution in [0.4, 0.5) is 5.13 Å². The summed E-state index contributed by atoms with van der Waals surface area (Å²) in [6.07, 6.45) is 0.203. The predicted molar refractivity (Wildman–Crippen MR) is 98.2 cm³/mol. The van der Waals surface area contributed by atoms with E-state index < -0.39 is 29.7 Å². The van der Waals surface area contributed by atoms with Crippen molar-refractivity contribution in [3.63, 3.8) is 0 Å². The summed E-state index contributed by atoms with van der Waals surface area (Å²) in [6, 6.07) is 3.99. The number of fused-ring (bicyclic) bond motifs is 1. The van der Waals surface area contributed by atoms with E-state index in [0.29, 0.717) is 16.5 Å². The molecule has 2 aliphatic rings. The number of aromatic nitrogens is 2. The lowest BCUT2D eigenvalue weighted by Crippen LogP contribution is -2.54. The van der Waals surface area contributed by atoms with Crippen molar-refractivity contribution in [3.05, 3.63) is 40.7 Å². The molecule has 1 fully saturated rings. The summed E-state index contributed by atoms with van der Waals surface area (Å²) in [5, 5.41) is 5.81. The molecular formula is C17H16N6O4S. The fraction of sp³-hybridized carbons (Fsp3) is 0.294. The Bertz CT molecular complexity index is 1000. The Balaban J connectivity index is 1.59. The standard InChI is InChI=1S/C17H16N6O4S/c18-6-11-20-17(28-22-11)19-7-8-2-1-3-9-13(8)16(27)23(15(9)26)10-4-5-12(24)21-14(10)25/h1-3,10H,4-7,18H2,(H,19,20,22)(H,21,24,25). The van der Waals surface area contributed by atoms with Crippen LogP contribution < -0.4 is 16.4 Å². The van der Waals surface area contributed by atoms with Crippen molar-refractivity contribution in [2.75, 3.05) is 5.32 Å². The minimum Gasteiger partial charge on any atom is -0.356 e. The first kappa shape index (κ1) is 18.2. The van der Waals surface area contributed by atoms with E-state index in [4.69, 9.17) is 5.73 Å². The van der Waals surface area contributed by atoms with Crippen LogP contribution in [-0.4, -0.2) is 43.9 Å². The number of nitrogens with one attached hydrogen (secondary N) is 2. The minimum absolute atomic E-state index is 0.0821. The van der Waals surface area contributed by atoms with Gasteiger partial charge in [0, 0.05) is 24.5 Å². The predicted octanol–water partition coefficient (Wildman–Crippen LogP) is 0.0101. The van der Waals surface area contributed by atoms with E-state index in [0.717, 1.165) is 16.4 Å². The van der Waals surface area contributed by atoms with Crippen LogP contribution in [0.5, 0.6) is 0 Å². The zero-order valence-electron chi connectivity index (χ0n) is 14.6. The van der Waals surface area contributed by atoms with Crippen molar-refractivity contribution in [1.82, 2.24) is 19.6 Å². The number of rotatable bonds is 5. The number of hydrogen-bond acceptors (Lipinski definition) is 9. The second-order valence-corrected chi connectivity index (χ2v) is 7.11. The van der Waals surface area contributed by atoms with Crippen LogP contribution in [0.3, 0.4) is 0 Å². The molecule has 0 radical (unpaired) electrons. The molecule has 1 aromatic carbocycles. The van der Waals surface area contributed by atoms with Crippen molar-refractivity contribution < 1.29 is 19.2 Å². The van der Waals surface area contributed by atoms with E-state index in [1.165, 1.54) is 0 Å². The molecule has 28 heavy (non-hydrogen) atoms. The van der Waals surface area contributed by atoms with E-state index in [1.807, 2.05) is 0 Å². The molecule has 1 aromatic heterocycles. The van der Waals surface area contributed by atoms with Gasteiger partial charge in [0.1, 0.15) is 6.04 Å². The van der Waals surface area contributed by atoms with Gasteiger partial charge in [-0.15, -0.1) is 0 Å². The number of hydrogen-bond donors (Lipinski definition) is 3. The van der Waals surface area contributed by atoms with Gasteiger partial charge in [-0.3, -0.25) is 29.4 Å². The van der Waals surface area contributed by atoms with Crippen LogP contribution in [-0.2, 0) is 22.7 Å². The van der Waals surface area contributed by atoms with E-state index in [1.54, 1.807) is 18.2 Å². The summed E-state index contributed by atoms with van der Waals surface area (Å²) in [5.74, 6) is -1.59. The number of nitrogens with zero attached hydrogens (tertiary/aromatic N) is 3. The molecule has 4 N–H and O–H groups in total. The lowest BCUT2D eigenvalue weighted by Gasteiger charge is -2.27. The first-order valence-electron chi connectivity index (χ1n) is 8.59. The number of benzene rings is 1. The molecule has 1 atom stereocenters. The smallest absolute Gasteiger partial charge is 0.262 e. The monoisotopic (exact) mass is 400 g/mol. The second kappa shape index (κ2) is 7.09. The largest absolute Gasteiger partial charge is 0.356 e. The average Bonchev–Trinajstić information content (AvgIpc) is 3.24. The third-order valence-electron chi connectivity index (χ3n) is 4.64. The highest BCUT2D eigenvalue weighted by Gasteiger charge is 2.45. The van der Waals surface area contributed by atoms with E-state index >= 15 is 0 Å². The van der Waals surface area contributed by atoms with Gasteiger partial charge < -0.3 is 11.1 Å². The molecule has 4 rings (SSSR count). The van der Waals surface area contributed by atoms with Gasteiger partial charge in [0.05, 0.1) is 17.7 Å². The van der Waals surface area contributed by atoms with Crippen molar-refractivity contribution in [1.29, 1.82) is 0 Å². The Kier molecular flexibility index (Phi) is 4.61. The van der Waals surface area contributed by atoms with Gasteiger partial charge in [0.15, 0.2) is 5.82 Å². The third kappa shape index (κ3) is 3.04. The lowest BCUT2D eigenvalue weighted by atomic mass is 10.0. The van der Waals surface area contributed by atoms with E-state index in [2.05, 4.69) is 20.0 Å². The maximum Gasteiger partial charge on any atom is 0.262 e. The number of carbonyl (C=O) groups excluding carboxylic acids is 4. The summed E-state index contributed by atoms with van der Waals surface area (Å²) >= 11 is 1.15. The molecule has 0 spiro atoms. The summed E-state index contributed by atoms with van der Waals surface area (Å²) in [5.41, 5.74) is 6.60. The Morgan fingerprint density at radius 1 is 1.25 bits per heavy atom. The summed E-state index contributed by atoms with van der Waals surface area (Å²) < 4.78 is 4.08. The Morgan fingerprint density at radius 3 is 2.79 bits per heavy atom. The fourth-order valence-corrected chi connectivity index (χ4v) is 3.90. The van der Waals surface area contributed by atoms with E-state index in [9.17, 15) is 19.2 Å². The number of amides is 4. The van der Waals surface area contributed by atoms with Crippen LogP contribution in [0.1, 0.15) is 44.9 Å². The Hall–Kier alpha value is -3.18. The average molecular weight is 400 g/mol. The van der Waals surface area contributed by atoms with Crippen LogP contribution >= 0.6 is 11.5 Å². The third-order valence-corrected chi connectivity index (χ3v) is 5.35. The number of imide groups is 2. The molecule has 2 aromatic rings. The minimum atomic E-state index is -0.985. The Labute approximate surface area is 163 Å². The summed E-state index contributed by atoms with van der Waals surface area (Å²) in [4.78, 5) is 54.4. The number of carbonyl (C=O) groups is 4. The molecular weight excluding hydrogens is 384 g/mol. The number of anilines is 1. The highest BCUT2D eigenvalue weighted by atomic mass is 32.1. The van der Waals surface area contributed by atoms with Gasteiger partial charge in [-0.05, 0) is 18.1 Å². The van der Waals surface area contributed by atoms with Crippen molar-refractivity contribution in [2.45, 2.75) is 32.0 Å². The lowest BCUT2D eigenvalue weighted by molar-refractivity contribution is -0.136. The number of piperidine rings is 1. The SMILES string of the molecule is NCc1nsc(NCc2cccc3c2C(=O)N(C2CCC(=O)NC2=O)C3=O)n1. The van der Waals surface area contributed by atoms with Crippen LogP contribution in [0.15, 0.2) is 18.2 Å². The van der Waals surface area contributed by atoms with Crippen molar-refractivity contribution in [3.8, 4) is 0 Å². The maximum absolute atomic E-state index is 13.0. The molecule has 0 aliphatic carbocycles. The first-order chi connectivity index (χ1) is 13.5. The van der Waals surface area contributed by atoms with Crippen molar-refractivity contribution in [2.24, 2.45) is 5.73 Å². The van der Waals surface area contributed by atoms with E-state index in [-0.39, 0.29) is 37.1 Å². The number of nitrogens with two attached hydrogens (primary N) is 1. The summed E-state index contributed by atoms with van der Waals surface area (Å²) in [6.45, 7) is 0.484. The van der Waals surface area contributed by atoms with Gasteiger partial charge in [-0.25, -0.2) is 4.98 Å². The molecule has 11 heteroatoms. The normalized spacial score (nSPS) is 19.0. The molecule has 3 heterocycles. The molecule has 1 unspecified atom stereocenters. The summed E-state index contributed by atoms with van der Waals surface area (Å²) in [7, 11) is 0. The highest BCUT2D eigenvalue weighted by molar-refractivity contribution is 7.09. The first-order valence-corrected chi connectivity index (χ1v) is 9.37. The van der Waals surface area contributed by atoms with Gasteiger partial charge in [-0.1, -0.05) is 12.1 Å². The zero-order chi connectivity index (χ0) is 19.8. The second-order valence-electron chi connectivity index (χ2n) is 6.36. The molecule has 10 nitrogen and oxygen atoms in total. The van der Waals surface area contributed by atoms with Crippen LogP contribution in [0, 0.1) is 0 Å². The van der Waals surface area contributed by atoms with Crippen molar-refractivity contribution >= 4 is 40.3 Å². The van der Waals surface area contributed by atoms with Gasteiger partial charge in [0.25, 0.3) is 11.8 Å². The van der Waals surface area contributed by atoms with Gasteiger partial charge in [-0.2, -0.15) is 4.37 Å². The Morgan fingerprint density at radius 2 is 2.07 bits per heavy atom. The molecule has 0 bridgehead atoms. The molecule has 1 saturated heterocycles. The maximum atomic E-state index is 13.0. The molecule has 2 aliphatic heterocycles. The van der Waals surface area contributed by atoms with Gasteiger partial charge >= 0.3 is 0 Å². The quantitative estimate of drug-likeness (QED) is 0.595. The fourth-order valence-electron chi connectivity index (χ4n) is 3.31. The molecule has 144 valence electrons. The van der Waals surface area contributed by atoms with Crippen LogP contribution in [0.25, 0.3) is 0 Å².